The molecule has 1 N–H and O–H groups in total. The Balaban J connectivity index is 1.61. The molecule has 2 aromatic heterocycles. The summed E-state index contributed by atoms with van der Waals surface area (Å²) >= 11 is 1.21. The Hall–Kier alpha value is -3.47. The van der Waals surface area contributed by atoms with Crippen molar-refractivity contribution in [3.8, 4) is 16.3 Å². The molecule has 1 aromatic carbocycles. The largest absolute Gasteiger partial charge is 0.489 e. The lowest BCUT2D eigenvalue weighted by molar-refractivity contribution is -0.137. The van der Waals surface area contributed by atoms with Gasteiger partial charge in [-0.1, -0.05) is 12.2 Å². The molecule has 11 heteroatoms. The van der Waals surface area contributed by atoms with Crippen LogP contribution in [0.4, 0.5) is 17.6 Å². The van der Waals surface area contributed by atoms with Gasteiger partial charge in [0.05, 0.1) is 29.6 Å². The Bertz CT molecular complexity index is 1280. The van der Waals surface area contributed by atoms with Gasteiger partial charge in [-0.25, -0.2) is 14.2 Å². The third-order valence-corrected chi connectivity index (χ3v) is 6.12. The van der Waals surface area contributed by atoms with Gasteiger partial charge in [0.2, 0.25) is 0 Å². The normalized spacial score (nSPS) is 15.9. The van der Waals surface area contributed by atoms with E-state index in [0.717, 1.165) is 17.0 Å². The third kappa shape index (κ3) is 5.53. The van der Waals surface area contributed by atoms with Crippen molar-refractivity contribution >= 4 is 17.3 Å². The highest BCUT2D eigenvalue weighted by Crippen LogP contribution is 2.37. The molecule has 0 saturated carbocycles. The first-order chi connectivity index (χ1) is 16.1. The highest BCUT2D eigenvalue weighted by atomic mass is 32.1. The van der Waals surface area contributed by atoms with E-state index in [-0.39, 0.29) is 36.4 Å². The summed E-state index contributed by atoms with van der Waals surface area (Å²) in [4.78, 5) is 16.3. The second-order valence-electron chi connectivity index (χ2n) is 7.68. The number of benzene rings is 1. The summed E-state index contributed by atoms with van der Waals surface area (Å²) in [6.45, 7) is 1.88. The van der Waals surface area contributed by atoms with Crippen LogP contribution in [0.5, 0.6) is 5.75 Å². The molecule has 0 saturated heterocycles. The number of ether oxygens (including phenoxy) is 1. The minimum atomic E-state index is -4.60. The van der Waals surface area contributed by atoms with Gasteiger partial charge in [-0.05, 0) is 36.8 Å². The number of carboxylic acids is 1. The first kappa shape index (κ1) is 23.7. The average molecular weight is 493 g/mol. The Kier molecular flexibility index (Phi) is 6.56. The second-order valence-corrected chi connectivity index (χ2v) is 8.88. The van der Waals surface area contributed by atoms with Crippen LogP contribution in [0.2, 0.25) is 0 Å². The highest BCUT2D eigenvalue weighted by molar-refractivity contribution is 7.15. The first-order valence-electron chi connectivity index (χ1n) is 10.2. The zero-order chi connectivity index (χ0) is 24.5. The van der Waals surface area contributed by atoms with E-state index in [1.165, 1.54) is 40.6 Å². The van der Waals surface area contributed by atoms with Gasteiger partial charge in [0, 0.05) is 23.1 Å². The fraction of sp³-hybridized carbons (Fsp3) is 0.261. The summed E-state index contributed by atoms with van der Waals surface area (Å²) in [5, 5.41) is 13.4. The molecule has 4 rings (SSSR count). The molecule has 1 atom stereocenters. The van der Waals surface area contributed by atoms with Crippen LogP contribution in [0.15, 0.2) is 54.4 Å². The Morgan fingerprint density at radius 1 is 1.32 bits per heavy atom. The molecule has 0 bridgehead atoms. The number of hydrogen-bond acceptors (Lipinski definition) is 5. The third-order valence-electron chi connectivity index (χ3n) is 5.06. The van der Waals surface area contributed by atoms with Crippen LogP contribution in [0, 0.1) is 6.92 Å². The topological polar surface area (TPSA) is 77.2 Å². The van der Waals surface area contributed by atoms with Gasteiger partial charge in [0.25, 0.3) is 0 Å². The van der Waals surface area contributed by atoms with Gasteiger partial charge in [0.15, 0.2) is 0 Å². The molecular weight excluding hydrogens is 474 g/mol. The van der Waals surface area contributed by atoms with Crippen LogP contribution in [0.25, 0.3) is 10.6 Å². The Labute approximate surface area is 195 Å². The van der Waals surface area contributed by atoms with Gasteiger partial charge < -0.3 is 9.84 Å². The lowest BCUT2D eigenvalue weighted by Gasteiger charge is -2.14. The molecule has 1 unspecified atom stereocenters. The number of carbonyl (C=O) groups is 1. The quantitative estimate of drug-likeness (QED) is 0.429. The van der Waals surface area contributed by atoms with Gasteiger partial charge in [-0.15, -0.1) is 11.3 Å². The molecule has 178 valence electrons. The average Bonchev–Trinajstić information content (AvgIpc) is 3.39. The molecule has 3 aromatic rings. The van der Waals surface area contributed by atoms with E-state index >= 15 is 0 Å². The fourth-order valence-corrected chi connectivity index (χ4v) is 4.26. The zero-order valence-electron chi connectivity index (χ0n) is 17.8. The van der Waals surface area contributed by atoms with Crippen LogP contribution in [-0.4, -0.2) is 38.6 Å². The van der Waals surface area contributed by atoms with Crippen molar-refractivity contribution in [2.24, 2.45) is 0 Å². The van der Waals surface area contributed by atoms with Crippen molar-refractivity contribution in [1.29, 1.82) is 0 Å². The van der Waals surface area contributed by atoms with E-state index in [1.807, 2.05) is 0 Å². The standard InChI is InChI=1S/C23H19F4N3O3S/c1-13-20(11-30-10-16(9-28-30)22(31)32)29-21(34-13)15-6-17(23(25,26)27)8-19(7-15)33-12-14-3-2-4-18(24)5-14/h2-3,5-10,18H,4,11-12H2,1H3,(H,31,32). The van der Waals surface area contributed by atoms with Crippen molar-refractivity contribution in [1.82, 2.24) is 14.8 Å². The van der Waals surface area contributed by atoms with Crippen molar-refractivity contribution < 1.29 is 32.2 Å². The Morgan fingerprint density at radius 3 is 2.79 bits per heavy atom. The van der Waals surface area contributed by atoms with E-state index in [0.29, 0.717) is 16.3 Å². The molecule has 6 nitrogen and oxygen atoms in total. The lowest BCUT2D eigenvalue weighted by Crippen LogP contribution is -2.09. The smallest absolute Gasteiger partial charge is 0.416 e. The molecule has 0 fully saturated rings. The zero-order valence-corrected chi connectivity index (χ0v) is 18.7. The number of aryl methyl sites for hydroxylation is 1. The van der Waals surface area contributed by atoms with E-state index in [9.17, 15) is 22.4 Å². The van der Waals surface area contributed by atoms with E-state index in [2.05, 4.69) is 10.1 Å². The summed E-state index contributed by atoms with van der Waals surface area (Å²) in [6.07, 6.45) is 1.82. The van der Waals surface area contributed by atoms with Crippen LogP contribution in [0.3, 0.4) is 0 Å². The van der Waals surface area contributed by atoms with Crippen molar-refractivity contribution in [2.75, 3.05) is 6.61 Å². The van der Waals surface area contributed by atoms with Crippen LogP contribution < -0.4 is 4.74 Å². The van der Waals surface area contributed by atoms with Crippen LogP contribution >= 0.6 is 11.3 Å². The number of nitrogens with zero attached hydrogens (tertiary/aromatic N) is 3. The first-order valence-corrected chi connectivity index (χ1v) is 11.0. The molecular formula is C23H19F4N3O3S. The maximum Gasteiger partial charge on any atom is 0.416 e. The molecule has 0 aliphatic heterocycles. The van der Waals surface area contributed by atoms with Gasteiger partial charge in [0.1, 0.15) is 23.5 Å². The number of aromatic nitrogens is 3. The number of halogens is 4. The summed E-state index contributed by atoms with van der Waals surface area (Å²) in [6, 6.07) is 3.37. The van der Waals surface area contributed by atoms with Crippen LogP contribution in [0.1, 0.15) is 32.9 Å². The van der Waals surface area contributed by atoms with Gasteiger partial charge >= 0.3 is 12.1 Å². The van der Waals surface area contributed by atoms with Crippen molar-refractivity contribution in [3.63, 3.8) is 0 Å². The summed E-state index contributed by atoms with van der Waals surface area (Å²) in [5.41, 5.74) is 0.475. The number of rotatable bonds is 7. The minimum absolute atomic E-state index is 0.00677. The SMILES string of the molecule is Cc1sc(-c2cc(OCC3=CC(F)CC=C3)cc(C(F)(F)F)c2)nc1Cn1cc(C(=O)O)cn1. The predicted octanol–water partition coefficient (Wildman–Crippen LogP) is 5.68. The minimum Gasteiger partial charge on any atom is -0.489 e. The molecule has 2 heterocycles. The number of aromatic carboxylic acids is 1. The summed E-state index contributed by atoms with van der Waals surface area (Å²) in [7, 11) is 0. The molecule has 34 heavy (non-hydrogen) atoms. The number of carboxylic acid groups (broad SMARTS) is 1. The fourth-order valence-electron chi connectivity index (χ4n) is 3.35. The van der Waals surface area contributed by atoms with E-state index in [1.54, 1.807) is 19.1 Å². The number of allylic oxidation sites excluding steroid dienone is 2. The number of hydrogen-bond donors (Lipinski definition) is 1. The molecule has 1 aliphatic rings. The summed E-state index contributed by atoms with van der Waals surface area (Å²) in [5.74, 6) is -1.12. The van der Waals surface area contributed by atoms with Crippen molar-refractivity contribution in [2.45, 2.75) is 32.2 Å². The monoisotopic (exact) mass is 493 g/mol. The van der Waals surface area contributed by atoms with E-state index in [4.69, 9.17) is 9.84 Å². The number of thiazole rings is 1. The molecule has 0 spiro atoms. The highest BCUT2D eigenvalue weighted by Gasteiger charge is 2.32. The second kappa shape index (κ2) is 9.41. The van der Waals surface area contributed by atoms with Crippen LogP contribution in [-0.2, 0) is 12.7 Å². The maximum atomic E-state index is 13.5. The van der Waals surface area contributed by atoms with Gasteiger partial charge in [-0.2, -0.15) is 18.3 Å². The Morgan fingerprint density at radius 2 is 2.12 bits per heavy atom. The molecule has 0 amide bonds. The van der Waals surface area contributed by atoms with Gasteiger partial charge in [-0.3, -0.25) is 4.68 Å². The summed E-state index contributed by atoms with van der Waals surface area (Å²) < 4.78 is 61.1. The van der Waals surface area contributed by atoms with E-state index < -0.39 is 23.9 Å². The molecule has 0 radical (unpaired) electrons. The molecule has 1 aliphatic carbocycles. The lowest BCUT2D eigenvalue weighted by atomic mass is 10.1. The number of alkyl halides is 4. The predicted molar refractivity (Wildman–Crippen MR) is 118 cm³/mol. The maximum absolute atomic E-state index is 13.5. The van der Waals surface area contributed by atoms with Crippen molar-refractivity contribution in [3.05, 3.63) is 76.1 Å².